The summed E-state index contributed by atoms with van der Waals surface area (Å²) in [6.45, 7) is 4.43. The van der Waals surface area contributed by atoms with Crippen molar-refractivity contribution in [3.8, 4) is 11.8 Å². The molecule has 10 nitrogen and oxygen atoms in total. The van der Waals surface area contributed by atoms with Crippen LogP contribution in [0.5, 0.6) is 5.75 Å². The summed E-state index contributed by atoms with van der Waals surface area (Å²) in [5, 5.41) is 14.7. The summed E-state index contributed by atoms with van der Waals surface area (Å²) in [6.07, 6.45) is 10.6. The Kier molecular flexibility index (Phi) is 8.22. The van der Waals surface area contributed by atoms with E-state index in [1.54, 1.807) is 11.0 Å². The number of nitriles is 1. The van der Waals surface area contributed by atoms with Gasteiger partial charge in [-0.05, 0) is 106 Å². The summed E-state index contributed by atoms with van der Waals surface area (Å²) in [4.78, 5) is 51.7. The van der Waals surface area contributed by atoms with Gasteiger partial charge < -0.3 is 19.9 Å². The van der Waals surface area contributed by atoms with Crippen molar-refractivity contribution in [1.29, 1.82) is 5.26 Å². The molecule has 7 rings (SSSR count). The van der Waals surface area contributed by atoms with E-state index in [9.17, 15) is 19.2 Å². The van der Waals surface area contributed by atoms with Gasteiger partial charge in [0.2, 0.25) is 17.7 Å². The minimum absolute atomic E-state index is 0.102. The number of nitrogens with zero attached hydrogens (tertiary/aromatic N) is 3. The molecule has 1 unspecified atom stereocenters. The zero-order valence-corrected chi connectivity index (χ0v) is 24.2. The molecule has 1 aromatic carbocycles. The third kappa shape index (κ3) is 5.89. The second-order valence-electron chi connectivity index (χ2n) is 12.8. The molecule has 0 bridgehead atoms. The number of piperidine rings is 2. The highest BCUT2D eigenvalue weighted by Crippen LogP contribution is 2.47. The van der Waals surface area contributed by atoms with Crippen LogP contribution in [0.4, 0.5) is 0 Å². The molecule has 1 aromatic rings. The standard InChI is InChI=1S/C19H22N2O4.C13H19N3O/c22-17-9-8-16(18(23)20-17)21-11-12-10-14(6-7-15(12)19(21)24)25-13-4-2-1-3-5-13;14-9-13(3-4-13)12(17)16-5-1-10(2-6-16)11-7-15-8-11/h6-7,10,13,16H,1-5,8-9,11H2,(H,20,22,23);10-11,15H,1-8H2. The maximum absolute atomic E-state index is 12.6. The lowest BCUT2D eigenvalue weighted by molar-refractivity contribution is -0.137. The third-order valence-corrected chi connectivity index (χ3v) is 10.0. The summed E-state index contributed by atoms with van der Waals surface area (Å²) in [7, 11) is 0. The fraction of sp³-hybridized carbons (Fsp3) is 0.656. The number of carbonyl (C=O) groups excluding carboxylic acids is 4. The van der Waals surface area contributed by atoms with E-state index >= 15 is 0 Å². The predicted molar refractivity (Wildman–Crippen MR) is 153 cm³/mol. The first-order valence-corrected chi connectivity index (χ1v) is 15.7. The molecule has 0 radical (unpaired) electrons. The third-order valence-electron chi connectivity index (χ3n) is 10.0. The molecular weight excluding hydrogens is 534 g/mol. The topological polar surface area (TPSA) is 132 Å². The first-order valence-electron chi connectivity index (χ1n) is 15.7. The van der Waals surface area contributed by atoms with Gasteiger partial charge in [-0.1, -0.05) is 6.42 Å². The van der Waals surface area contributed by atoms with Gasteiger partial charge in [-0.15, -0.1) is 0 Å². The minimum atomic E-state index is -0.620. The van der Waals surface area contributed by atoms with E-state index in [1.807, 2.05) is 17.0 Å². The Balaban J connectivity index is 0.000000162. The number of rotatable bonds is 5. The largest absolute Gasteiger partial charge is 0.490 e. The zero-order valence-electron chi connectivity index (χ0n) is 24.2. The Morgan fingerprint density at radius 1 is 0.976 bits per heavy atom. The summed E-state index contributed by atoms with van der Waals surface area (Å²) in [5.74, 6) is 1.72. The Bertz CT molecular complexity index is 1270. The molecule has 5 fully saturated rings. The lowest BCUT2D eigenvalue weighted by Crippen LogP contribution is -2.52. The SMILES string of the molecule is N#CC1(C(=O)N2CCC(C3CNC3)CC2)CC1.O=C1CCC(N2Cc3cc(OC4CCCCC4)ccc3C2=O)C(=O)N1. The molecule has 4 amide bonds. The van der Waals surface area contributed by atoms with Gasteiger partial charge in [0, 0.05) is 31.6 Å². The first kappa shape index (κ1) is 28.7. The number of imide groups is 1. The van der Waals surface area contributed by atoms with Crippen LogP contribution in [0.3, 0.4) is 0 Å². The molecule has 1 atom stereocenters. The Morgan fingerprint density at radius 3 is 2.33 bits per heavy atom. The molecular formula is C32H41N5O5. The van der Waals surface area contributed by atoms with Crippen LogP contribution in [0.25, 0.3) is 0 Å². The van der Waals surface area contributed by atoms with E-state index in [4.69, 9.17) is 10.00 Å². The van der Waals surface area contributed by atoms with Gasteiger partial charge in [0.05, 0.1) is 12.2 Å². The average molecular weight is 576 g/mol. The number of nitrogens with one attached hydrogen (secondary N) is 2. The van der Waals surface area contributed by atoms with E-state index in [0.717, 1.165) is 87.9 Å². The number of likely N-dealkylation sites (tertiary alicyclic amines) is 1. The molecule has 0 aromatic heterocycles. The van der Waals surface area contributed by atoms with Crippen LogP contribution < -0.4 is 15.4 Å². The number of hydrogen-bond acceptors (Lipinski definition) is 7. The van der Waals surface area contributed by atoms with Crippen LogP contribution in [0.1, 0.15) is 86.6 Å². The highest BCUT2D eigenvalue weighted by molar-refractivity contribution is 6.05. The smallest absolute Gasteiger partial charge is 0.255 e. The highest BCUT2D eigenvalue weighted by atomic mass is 16.5. The molecule has 3 saturated heterocycles. The number of carbonyl (C=O) groups is 4. The van der Waals surface area contributed by atoms with Crippen molar-refractivity contribution < 1.29 is 23.9 Å². The van der Waals surface area contributed by atoms with Crippen molar-refractivity contribution in [3.05, 3.63) is 29.3 Å². The molecule has 6 aliphatic rings. The Morgan fingerprint density at radius 2 is 1.71 bits per heavy atom. The van der Waals surface area contributed by atoms with Gasteiger partial charge in [-0.25, -0.2) is 0 Å². The van der Waals surface area contributed by atoms with Crippen molar-refractivity contribution in [2.75, 3.05) is 26.2 Å². The van der Waals surface area contributed by atoms with Crippen LogP contribution in [-0.2, 0) is 20.9 Å². The zero-order chi connectivity index (χ0) is 29.3. The molecule has 2 saturated carbocycles. The Labute approximate surface area is 247 Å². The van der Waals surface area contributed by atoms with Gasteiger partial charge in [-0.3, -0.25) is 24.5 Å². The van der Waals surface area contributed by atoms with Crippen molar-refractivity contribution in [2.24, 2.45) is 17.3 Å². The van der Waals surface area contributed by atoms with Crippen LogP contribution in [0.15, 0.2) is 18.2 Å². The van der Waals surface area contributed by atoms with E-state index in [-0.39, 0.29) is 36.2 Å². The lowest BCUT2D eigenvalue weighted by Gasteiger charge is -2.40. The maximum Gasteiger partial charge on any atom is 0.255 e. The molecule has 2 N–H and O–H groups in total. The normalized spacial score (nSPS) is 25.9. The summed E-state index contributed by atoms with van der Waals surface area (Å²) in [6, 6.07) is 7.20. The van der Waals surface area contributed by atoms with E-state index in [2.05, 4.69) is 16.7 Å². The van der Waals surface area contributed by atoms with Crippen LogP contribution >= 0.6 is 0 Å². The number of ether oxygens (including phenoxy) is 1. The quantitative estimate of drug-likeness (QED) is 0.516. The van der Waals surface area contributed by atoms with Crippen LogP contribution in [0, 0.1) is 28.6 Å². The molecule has 10 heteroatoms. The second kappa shape index (κ2) is 12.0. The minimum Gasteiger partial charge on any atom is -0.490 e. The number of benzene rings is 1. The van der Waals surface area contributed by atoms with Crippen LogP contribution in [-0.4, -0.2) is 71.8 Å². The molecule has 224 valence electrons. The monoisotopic (exact) mass is 575 g/mol. The van der Waals surface area contributed by atoms with E-state index in [0.29, 0.717) is 18.5 Å². The van der Waals surface area contributed by atoms with Crippen molar-refractivity contribution >= 4 is 23.6 Å². The van der Waals surface area contributed by atoms with Crippen molar-refractivity contribution in [3.63, 3.8) is 0 Å². The lowest BCUT2D eigenvalue weighted by atomic mass is 9.80. The Hall–Kier alpha value is -3.45. The maximum atomic E-state index is 12.6. The van der Waals surface area contributed by atoms with Gasteiger partial charge in [0.25, 0.3) is 5.91 Å². The summed E-state index contributed by atoms with van der Waals surface area (Å²) < 4.78 is 6.08. The van der Waals surface area contributed by atoms with Crippen LogP contribution in [0.2, 0.25) is 0 Å². The molecule has 2 aliphatic carbocycles. The van der Waals surface area contributed by atoms with Gasteiger partial charge in [0.1, 0.15) is 17.2 Å². The number of amides is 4. The van der Waals surface area contributed by atoms with Gasteiger partial charge in [0.15, 0.2) is 0 Å². The van der Waals surface area contributed by atoms with Gasteiger partial charge in [-0.2, -0.15) is 5.26 Å². The molecule has 4 heterocycles. The van der Waals surface area contributed by atoms with E-state index in [1.165, 1.54) is 19.3 Å². The highest BCUT2D eigenvalue weighted by Gasteiger charge is 2.53. The second-order valence-corrected chi connectivity index (χ2v) is 12.8. The molecule has 0 spiro atoms. The van der Waals surface area contributed by atoms with Gasteiger partial charge >= 0.3 is 0 Å². The first-order chi connectivity index (χ1) is 20.4. The molecule has 4 aliphatic heterocycles. The number of fused-ring (bicyclic) bond motifs is 1. The fourth-order valence-corrected chi connectivity index (χ4v) is 7.02. The van der Waals surface area contributed by atoms with Crippen molar-refractivity contribution in [1.82, 2.24) is 20.4 Å². The number of hydrogen-bond donors (Lipinski definition) is 2. The fourth-order valence-electron chi connectivity index (χ4n) is 7.02. The van der Waals surface area contributed by atoms with E-state index < -0.39 is 11.5 Å². The predicted octanol–water partition coefficient (Wildman–Crippen LogP) is 2.91. The average Bonchev–Trinajstić information content (AvgIpc) is 3.71. The summed E-state index contributed by atoms with van der Waals surface area (Å²) in [5.41, 5.74) is 0.897. The molecule has 42 heavy (non-hydrogen) atoms. The van der Waals surface area contributed by atoms with Crippen molar-refractivity contribution in [2.45, 2.75) is 89.3 Å². The summed E-state index contributed by atoms with van der Waals surface area (Å²) >= 11 is 0.